The molecule has 1 heterocycles. The summed E-state index contributed by atoms with van der Waals surface area (Å²) < 4.78 is 1.30. The van der Waals surface area contributed by atoms with Crippen molar-refractivity contribution in [3.8, 4) is 0 Å². The van der Waals surface area contributed by atoms with E-state index in [1.807, 2.05) is 6.92 Å². The summed E-state index contributed by atoms with van der Waals surface area (Å²) in [5.74, 6) is -1.63. The van der Waals surface area contributed by atoms with Gasteiger partial charge in [-0.1, -0.05) is 13.3 Å². The molecule has 1 amide bonds. The molecule has 0 radical (unpaired) electrons. The molecule has 0 atom stereocenters. The van der Waals surface area contributed by atoms with Gasteiger partial charge in [-0.25, -0.2) is 4.68 Å². The second-order valence-corrected chi connectivity index (χ2v) is 4.30. The third-order valence-corrected chi connectivity index (χ3v) is 2.61. The van der Waals surface area contributed by atoms with Crippen molar-refractivity contribution in [1.82, 2.24) is 15.1 Å². The van der Waals surface area contributed by atoms with E-state index in [-0.39, 0.29) is 18.1 Å². The van der Waals surface area contributed by atoms with E-state index in [0.29, 0.717) is 18.5 Å². The van der Waals surface area contributed by atoms with E-state index in [2.05, 4.69) is 15.7 Å². The van der Waals surface area contributed by atoms with Crippen LogP contribution >= 0.6 is 0 Å². The van der Waals surface area contributed by atoms with Crippen LogP contribution in [0.25, 0.3) is 0 Å². The minimum absolute atomic E-state index is 0.119. The lowest BCUT2D eigenvalue weighted by Gasteiger charge is -2.06. The molecule has 10 nitrogen and oxygen atoms in total. The molecular formula is C11H17N5O5. The number of carbonyl (C=O) groups excluding carboxylic acids is 1. The standard InChI is InChI=1S/C11H17N5O5/c1-3-4-7-10(16(20)21)11(15(2)14-7)13-5-8(17)12-6-9(18)19/h13H,3-6H2,1-2H3,(H,12,17)(H,18,19). The van der Waals surface area contributed by atoms with Crippen LogP contribution in [0.5, 0.6) is 0 Å². The van der Waals surface area contributed by atoms with E-state index in [1.165, 1.54) is 11.7 Å². The Bertz CT molecular complexity index is 553. The maximum Gasteiger partial charge on any atom is 0.334 e. The van der Waals surface area contributed by atoms with Crippen molar-refractivity contribution >= 4 is 23.4 Å². The van der Waals surface area contributed by atoms with Gasteiger partial charge in [-0.05, 0) is 6.42 Å². The number of rotatable bonds is 8. The average molecular weight is 299 g/mol. The number of carboxylic acids is 1. The lowest BCUT2D eigenvalue weighted by atomic mass is 10.2. The molecule has 21 heavy (non-hydrogen) atoms. The van der Waals surface area contributed by atoms with Crippen molar-refractivity contribution in [3.05, 3.63) is 15.8 Å². The number of nitrogens with zero attached hydrogens (tertiary/aromatic N) is 3. The minimum Gasteiger partial charge on any atom is -0.480 e. The Kier molecular flexibility index (Phi) is 5.64. The van der Waals surface area contributed by atoms with E-state index in [0.717, 1.165) is 0 Å². The van der Waals surface area contributed by atoms with Crippen LogP contribution in [0.3, 0.4) is 0 Å². The fourth-order valence-electron chi connectivity index (χ4n) is 1.76. The van der Waals surface area contributed by atoms with E-state index < -0.39 is 23.3 Å². The van der Waals surface area contributed by atoms with Crippen molar-refractivity contribution in [3.63, 3.8) is 0 Å². The molecule has 116 valence electrons. The second kappa shape index (κ2) is 7.22. The van der Waals surface area contributed by atoms with Gasteiger partial charge in [0, 0.05) is 7.05 Å². The number of hydrogen-bond acceptors (Lipinski definition) is 6. The number of amides is 1. The molecule has 0 aliphatic heterocycles. The fourth-order valence-corrected chi connectivity index (χ4v) is 1.76. The van der Waals surface area contributed by atoms with E-state index >= 15 is 0 Å². The zero-order valence-electron chi connectivity index (χ0n) is 11.8. The summed E-state index contributed by atoms with van der Waals surface area (Å²) in [5.41, 5.74) is 0.184. The van der Waals surface area contributed by atoms with Gasteiger partial charge in [0.1, 0.15) is 12.2 Å². The van der Waals surface area contributed by atoms with Crippen molar-refractivity contribution < 1.29 is 19.6 Å². The summed E-state index contributed by atoms with van der Waals surface area (Å²) >= 11 is 0. The topological polar surface area (TPSA) is 139 Å². The van der Waals surface area contributed by atoms with Gasteiger partial charge in [0.05, 0.1) is 11.5 Å². The highest BCUT2D eigenvalue weighted by Crippen LogP contribution is 2.28. The van der Waals surface area contributed by atoms with E-state index in [4.69, 9.17) is 5.11 Å². The first-order valence-corrected chi connectivity index (χ1v) is 6.29. The Balaban J connectivity index is 2.80. The second-order valence-electron chi connectivity index (χ2n) is 4.30. The molecule has 0 saturated carbocycles. The molecule has 0 unspecified atom stereocenters. The monoisotopic (exact) mass is 299 g/mol. The third kappa shape index (κ3) is 4.44. The van der Waals surface area contributed by atoms with Crippen LogP contribution in [0, 0.1) is 10.1 Å². The van der Waals surface area contributed by atoms with Crippen LogP contribution in [-0.2, 0) is 23.1 Å². The molecule has 0 saturated heterocycles. The summed E-state index contributed by atoms with van der Waals surface area (Å²) in [6, 6.07) is 0. The van der Waals surface area contributed by atoms with Gasteiger partial charge in [-0.2, -0.15) is 5.10 Å². The normalized spacial score (nSPS) is 10.2. The molecule has 0 aromatic carbocycles. The maximum absolute atomic E-state index is 11.4. The zero-order valence-corrected chi connectivity index (χ0v) is 11.8. The number of carboxylic acid groups (broad SMARTS) is 1. The predicted octanol–water partition coefficient (Wildman–Crippen LogP) is -0.106. The van der Waals surface area contributed by atoms with Crippen LogP contribution in [0.1, 0.15) is 19.0 Å². The van der Waals surface area contributed by atoms with Gasteiger partial charge >= 0.3 is 11.7 Å². The highest BCUT2D eigenvalue weighted by molar-refractivity contribution is 5.84. The lowest BCUT2D eigenvalue weighted by molar-refractivity contribution is -0.384. The van der Waals surface area contributed by atoms with E-state index in [1.54, 1.807) is 0 Å². The number of nitro groups is 1. The van der Waals surface area contributed by atoms with Crippen molar-refractivity contribution in [2.75, 3.05) is 18.4 Å². The van der Waals surface area contributed by atoms with Crippen LogP contribution in [0.15, 0.2) is 0 Å². The Morgan fingerprint density at radius 3 is 2.62 bits per heavy atom. The van der Waals surface area contributed by atoms with Crippen molar-refractivity contribution in [2.24, 2.45) is 7.05 Å². The Morgan fingerprint density at radius 1 is 1.43 bits per heavy atom. The summed E-state index contributed by atoms with van der Waals surface area (Å²) in [7, 11) is 1.53. The lowest BCUT2D eigenvalue weighted by Crippen LogP contribution is -2.34. The Hall–Kier alpha value is -2.65. The Labute approximate surface area is 120 Å². The number of hydrogen-bond donors (Lipinski definition) is 3. The summed E-state index contributed by atoms with van der Waals surface area (Å²) in [4.78, 5) is 32.3. The summed E-state index contributed by atoms with van der Waals surface area (Å²) in [6.45, 7) is 1.10. The van der Waals surface area contributed by atoms with Gasteiger partial charge < -0.3 is 15.7 Å². The van der Waals surface area contributed by atoms with Gasteiger partial charge in [0.15, 0.2) is 0 Å². The van der Waals surface area contributed by atoms with E-state index in [9.17, 15) is 19.7 Å². The highest BCUT2D eigenvalue weighted by Gasteiger charge is 2.26. The molecule has 3 N–H and O–H groups in total. The maximum atomic E-state index is 11.4. The number of aryl methyl sites for hydroxylation is 2. The fraction of sp³-hybridized carbons (Fsp3) is 0.545. The first-order chi connectivity index (χ1) is 9.86. The highest BCUT2D eigenvalue weighted by atomic mass is 16.6. The number of carbonyl (C=O) groups is 2. The zero-order chi connectivity index (χ0) is 16.0. The van der Waals surface area contributed by atoms with Crippen LogP contribution in [-0.4, -0.2) is 44.8 Å². The molecule has 0 bridgehead atoms. The molecule has 0 aliphatic rings. The van der Waals surface area contributed by atoms with Crippen molar-refractivity contribution in [1.29, 1.82) is 0 Å². The smallest absolute Gasteiger partial charge is 0.334 e. The Morgan fingerprint density at radius 2 is 2.10 bits per heavy atom. The number of aliphatic carboxylic acids is 1. The molecule has 1 aromatic rings. The molecule has 0 fully saturated rings. The average Bonchev–Trinajstić information content (AvgIpc) is 2.70. The molecule has 1 aromatic heterocycles. The van der Waals surface area contributed by atoms with Crippen molar-refractivity contribution in [2.45, 2.75) is 19.8 Å². The van der Waals surface area contributed by atoms with Crippen LogP contribution in [0.4, 0.5) is 11.5 Å². The van der Waals surface area contributed by atoms with Crippen LogP contribution < -0.4 is 10.6 Å². The molecule has 10 heteroatoms. The van der Waals surface area contributed by atoms with Gasteiger partial charge in [-0.15, -0.1) is 0 Å². The number of aromatic nitrogens is 2. The first kappa shape index (κ1) is 16.4. The molecule has 0 aliphatic carbocycles. The SMILES string of the molecule is CCCc1nn(C)c(NCC(=O)NCC(=O)O)c1[N+](=O)[O-]. The van der Waals surface area contributed by atoms with Gasteiger partial charge in [-0.3, -0.25) is 19.7 Å². The quantitative estimate of drug-likeness (QED) is 0.449. The minimum atomic E-state index is -1.17. The molecule has 1 rings (SSSR count). The van der Waals surface area contributed by atoms with Gasteiger partial charge in [0.25, 0.3) is 0 Å². The third-order valence-electron chi connectivity index (χ3n) is 2.61. The summed E-state index contributed by atoms with van der Waals surface area (Å²) in [6.07, 6.45) is 1.16. The molecular weight excluding hydrogens is 282 g/mol. The summed E-state index contributed by atoms with van der Waals surface area (Å²) in [5, 5.41) is 28.4. The largest absolute Gasteiger partial charge is 0.480 e. The first-order valence-electron chi connectivity index (χ1n) is 6.29. The predicted molar refractivity (Wildman–Crippen MR) is 73.0 cm³/mol. The number of anilines is 1. The van der Waals surface area contributed by atoms with Crippen LogP contribution in [0.2, 0.25) is 0 Å². The van der Waals surface area contributed by atoms with Gasteiger partial charge in [0.2, 0.25) is 11.7 Å². The molecule has 0 spiro atoms. The number of nitrogens with one attached hydrogen (secondary N) is 2.